The van der Waals surface area contributed by atoms with E-state index in [1.54, 1.807) is 0 Å². The second-order valence-electron chi connectivity index (χ2n) is 3.87. The van der Waals surface area contributed by atoms with E-state index in [4.69, 9.17) is 5.73 Å². The lowest BCUT2D eigenvalue weighted by molar-refractivity contribution is 0.562. The van der Waals surface area contributed by atoms with Crippen LogP contribution in [0.3, 0.4) is 0 Å². The molecule has 0 aromatic heterocycles. The average molecular weight is 285 g/mol. The molecule has 2 nitrogen and oxygen atoms in total. The fourth-order valence-corrected chi connectivity index (χ4v) is 2.81. The van der Waals surface area contributed by atoms with Crippen molar-refractivity contribution >= 4 is 16.5 Å². The first-order valence-corrected chi connectivity index (χ1v) is 6.67. The van der Waals surface area contributed by atoms with Crippen molar-refractivity contribution < 1.29 is 17.4 Å². The predicted octanol–water partition coefficient (Wildman–Crippen LogP) is 2.99. The second kappa shape index (κ2) is 5.44. The maximum absolute atomic E-state index is 13.5. The summed E-state index contributed by atoms with van der Waals surface area (Å²) < 4.78 is 51.7. The first kappa shape index (κ1) is 13.6. The van der Waals surface area contributed by atoms with Crippen molar-refractivity contribution in [1.82, 2.24) is 0 Å². The number of halogens is 3. The zero-order valence-corrected chi connectivity index (χ0v) is 10.5. The van der Waals surface area contributed by atoms with E-state index < -0.39 is 28.3 Å². The van der Waals surface area contributed by atoms with Crippen molar-refractivity contribution in [3.63, 3.8) is 0 Å². The number of nitrogens with two attached hydrogens (primary N) is 1. The lowest BCUT2D eigenvalue weighted by Gasteiger charge is -2.07. The van der Waals surface area contributed by atoms with Gasteiger partial charge in [-0.3, -0.25) is 4.21 Å². The van der Waals surface area contributed by atoms with Gasteiger partial charge in [0.15, 0.2) is 0 Å². The van der Waals surface area contributed by atoms with Crippen LogP contribution in [-0.4, -0.2) is 4.21 Å². The van der Waals surface area contributed by atoms with Crippen molar-refractivity contribution in [3.05, 3.63) is 59.4 Å². The Morgan fingerprint density at radius 3 is 2.42 bits per heavy atom. The molecule has 19 heavy (non-hydrogen) atoms. The summed E-state index contributed by atoms with van der Waals surface area (Å²) in [7, 11) is -1.84. The zero-order chi connectivity index (χ0) is 14.0. The Labute approximate surface area is 110 Å². The molecule has 0 fully saturated rings. The molecule has 100 valence electrons. The highest BCUT2D eigenvalue weighted by molar-refractivity contribution is 7.84. The van der Waals surface area contributed by atoms with E-state index in [0.29, 0.717) is 6.07 Å². The van der Waals surface area contributed by atoms with E-state index in [0.717, 1.165) is 12.1 Å². The summed E-state index contributed by atoms with van der Waals surface area (Å²) in [6.07, 6.45) is 0. The molecule has 2 aromatic carbocycles. The fourth-order valence-electron chi connectivity index (χ4n) is 1.60. The number of anilines is 1. The Kier molecular flexibility index (Phi) is 3.90. The Balaban J connectivity index is 2.31. The summed E-state index contributed by atoms with van der Waals surface area (Å²) in [6.45, 7) is 0. The van der Waals surface area contributed by atoms with Gasteiger partial charge in [-0.15, -0.1) is 0 Å². The Bertz CT molecular complexity index is 626. The van der Waals surface area contributed by atoms with Crippen LogP contribution in [0.5, 0.6) is 0 Å². The van der Waals surface area contributed by atoms with Crippen LogP contribution in [0.1, 0.15) is 5.56 Å². The summed E-state index contributed by atoms with van der Waals surface area (Å²) in [6, 6.07) is 6.80. The molecular formula is C13H10F3NOS. The molecule has 0 bridgehead atoms. The van der Waals surface area contributed by atoms with Crippen LogP contribution in [0, 0.1) is 17.5 Å². The zero-order valence-electron chi connectivity index (χ0n) is 9.70. The maximum atomic E-state index is 13.5. The van der Waals surface area contributed by atoms with Gasteiger partial charge in [0.25, 0.3) is 0 Å². The van der Waals surface area contributed by atoms with Gasteiger partial charge in [0, 0.05) is 17.3 Å². The predicted molar refractivity (Wildman–Crippen MR) is 67.3 cm³/mol. The largest absolute Gasteiger partial charge is 0.398 e. The van der Waals surface area contributed by atoms with Crippen molar-refractivity contribution in [2.45, 2.75) is 10.6 Å². The molecule has 2 aromatic rings. The molecule has 0 aliphatic heterocycles. The number of benzene rings is 2. The Morgan fingerprint density at radius 2 is 1.79 bits per heavy atom. The lowest BCUT2D eigenvalue weighted by atomic mass is 10.2. The molecule has 0 heterocycles. The monoisotopic (exact) mass is 285 g/mol. The molecule has 2 rings (SSSR count). The van der Waals surface area contributed by atoms with E-state index in [1.165, 1.54) is 18.2 Å². The number of hydrogen-bond acceptors (Lipinski definition) is 2. The van der Waals surface area contributed by atoms with E-state index >= 15 is 0 Å². The first-order valence-electron chi connectivity index (χ1n) is 5.35. The van der Waals surface area contributed by atoms with Gasteiger partial charge in [-0.25, -0.2) is 13.2 Å². The number of nitrogen functional groups attached to an aromatic ring is 1. The number of rotatable bonds is 3. The topological polar surface area (TPSA) is 43.1 Å². The van der Waals surface area contributed by atoms with Crippen molar-refractivity contribution in [1.29, 1.82) is 0 Å². The molecule has 0 radical (unpaired) electrons. The third-order valence-corrected chi connectivity index (χ3v) is 3.94. The smallest absolute Gasteiger partial charge is 0.142 e. The van der Waals surface area contributed by atoms with Crippen LogP contribution in [0.4, 0.5) is 18.9 Å². The SMILES string of the molecule is Nc1cccc(F)c1CS(=O)c1ccc(F)cc1F. The maximum Gasteiger partial charge on any atom is 0.142 e. The Hall–Kier alpha value is -1.82. The van der Waals surface area contributed by atoms with Crippen LogP contribution in [0.2, 0.25) is 0 Å². The van der Waals surface area contributed by atoms with Crippen LogP contribution in [0.15, 0.2) is 41.3 Å². The van der Waals surface area contributed by atoms with Crippen molar-refractivity contribution in [3.8, 4) is 0 Å². The highest BCUT2D eigenvalue weighted by Crippen LogP contribution is 2.22. The highest BCUT2D eigenvalue weighted by Gasteiger charge is 2.15. The normalized spacial score (nSPS) is 12.4. The van der Waals surface area contributed by atoms with Crippen LogP contribution >= 0.6 is 0 Å². The fraction of sp³-hybridized carbons (Fsp3) is 0.0769. The first-order chi connectivity index (χ1) is 8.99. The van der Waals surface area contributed by atoms with Gasteiger partial charge in [0.1, 0.15) is 17.5 Å². The molecular weight excluding hydrogens is 275 g/mol. The van der Waals surface area contributed by atoms with Crippen molar-refractivity contribution in [2.75, 3.05) is 5.73 Å². The molecule has 0 saturated carbocycles. The third-order valence-electron chi connectivity index (χ3n) is 2.57. The van der Waals surface area contributed by atoms with E-state index in [1.807, 2.05) is 0 Å². The molecule has 1 unspecified atom stereocenters. The summed E-state index contributed by atoms with van der Waals surface area (Å²) >= 11 is 0. The second-order valence-corrected chi connectivity index (χ2v) is 5.29. The Morgan fingerprint density at radius 1 is 1.05 bits per heavy atom. The van der Waals surface area contributed by atoms with Crippen LogP contribution in [-0.2, 0) is 16.6 Å². The molecule has 0 spiro atoms. The minimum Gasteiger partial charge on any atom is -0.398 e. The van der Waals surface area contributed by atoms with Gasteiger partial charge in [-0.1, -0.05) is 6.07 Å². The van der Waals surface area contributed by atoms with Gasteiger partial charge in [0.05, 0.1) is 21.4 Å². The molecule has 0 aliphatic rings. The molecule has 0 saturated heterocycles. The molecule has 6 heteroatoms. The quantitative estimate of drug-likeness (QED) is 0.881. The van der Waals surface area contributed by atoms with Gasteiger partial charge >= 0.3 is 0 Å². The van der Waals surface area contributed by atoms with Crippen LogP contribution < -0.4 is 5.73 Å². The summed E-state index contributed by atoms with van der Waals surface area (Å²) in [5, 5.41) is 0. The minimum atomic E-state index is -1.84. The molecule has 0 aliphatic carbocycles. The number of hydrogen-bond donors (Lipinski definition) is 1. The molecule has 1 atom stereocenters. The standard InChI is InChI=1S/C13H10F3NOS/c14-8-4-5-13(11(16)6-8)19(18)7-9-10(15)2-1-3-12(9)17/h1-6H,7,17H2. The average Bonchev–Trinajstić information content (AvgIpc) is 2.33. The summed E-state index contributed by atoms with van der Waals surface area (Å²) in [5.74, 6) is -2.55. The van der Waals surface area contributed by atoms with Crippen LogP contribution in [0.25, 0.3) is 0 Å². The van der Waals surface area contributed by atoms with E-state index in [2.05, 4.69) is 0 Å². The molecule has 2 N–H and O–H groups in total. The van der Waals surface area contributed by atoms with Gasteiger partial charge in [-0.2, -0.15) is 0 Å². The van der Waals surface area contributed by atoms with Gasteiger partial charge in [-0.05, 0) is 24.3 Å². The van der Waals surface area contributed by atoms with E-state index in [9.17, 15) is 17.4 Å². The summed E-state index contributed by atoms with van der Waals surface area (Å²) in [4.78, 5) is -0.177. The third kappa shape index (κ3) is 2.96. The van der Waals surface area contributed by atoms with E-state index in [-0.39, 0.29) is 21.9 Å². The highest BCUT2D eigenvalue weighted by atomic mass is 32.2. The van der Waals surface area contributed by atoms with Crippen molar-refractivity contribution in [2.24, 2.45) is 0 Å². The van der Waals surface area contributed by atoms with Gasteiger partial charge < -0.3 is 5.73 Å². The lowest BCUT2D eigenvalue weighted by Crippen LogP contribution is -2.04. The van der Waals surface area contributed by atoms with Gasteiger partial charge in [0.2, 0.25) is 0 Å². The molecule has 0 amide bonds. The summed E-state index contributed by atoms with van der Waals surface area (Å²) in [5.41, 5.74) is 5.79. The minimum absolute atomic E-state index is 0.0598.